The predicted octanol–water partition coefficient (Wildman–Crippen LogP) is 4.55. The number of hydrogen-bond acceptors (Lipinski definition) is 4. The van der Waals surface area contributed by atoms with Crippen molar-refractivity contribution in [3.8, 4) is 0 Å². The molecule has 0 saturated heterocycles. The summed E-state index contributed by atoms with van der Waals surface area (Å²) >= 11 is 3.68. The minimum atomic E-state index is 0.956. The molecule has 0 bridgehead atoms. The van der Waals surface area contributed by atoms with E-state index in [9.17, 15) is 0 Å². The van der Waals surface area contributed by atoms with Gasteiger partial charge in [-0.2, -0.15) is 0 Å². The van der Waals surface area contributed by atoms with E-state index >= 15 is 0 Å². The molecule has 0 fully saturated rings. The largest absolute Gasteiger partial charge is 0.313 e. The zero-order chi connectivity index (χ0) is 14.4. The Hall–Kier alpha value is -0.840. The van der Waals surface area contributed by atoms with Gasteiger partial charge in [0.15, 0.2) is 0 Å². The average Bonchev–Trinajstić information content (AvgIpc) is 2.76. The van der Waals surface area contributed by atoms with Crippen molar-refractivity contribution in [2.45, 2.75) is 44.4 Å². The van der Waals surface area contributed by atoms with E-state index in [1.165, 1.54) is 32.5 Å². The van der Waals surface area contributed by atoms with Crippen LogP contribution in [0.5, 0.6) is 0 Å². The summed E-state index contributed by atoms with van der Waals surface area (Å²) in [4.78, 5) is 7.25. The lowest BCUT2D eigenvalue weighted by molar-refractivity contribution is 0.674. The van der Waals surface area contributed by atoms with E-state index in [1.54, 1.807) is 0 Å². The molecular weight excluding hydrogens is 284 g/mol. The monoisotopic (exact) mass is 306 g/mol. The summed E-state index contributed by atoms with van der Waals surface area (Å²) in [6.45, 7) is 8.45. The highest BCUT2D eigenvalue weighted by atomic mass is 32.2. The Morgan fingerprint density at radius 2 is 2.15 bits per heavy atom. The van der Waals surface area contributed by atoms with Crippen molar-refractivity contribution in [2.75, 3.05) is 6.54 Å². The third kappa shape index (κ3) is 4.62. The van der Waals surface area contributed by atoms with Crippen LogP contribution in [0.3, 0.4) is 0 Å². The third-order valence-corrected chi connectivity index (χ3v) is 5.35. The lowest BCUT2D eigenvalue weighted by Crippen LogP contribution is -2.13. The van der Waals surface area contributed by atoms with Crippen LogP contribution in [0.15, 0.2) is 29.2 Å². The first kappa shape index (κ1) is 15.5. The highest BCUT2D eigenvalue weighted by molar-refractivity contribution is 7.98. The first-order valence-electron chi connectivity index (χ1n) is 7.04. The van der Waals surface area contributed by atoms with Gasteiger partial charge in [0.2, 0.25) is 0 Å². The maximum atomic E-state index is 4.59. The first-order chi connectivity index (χ1) is 9.69. The van der Waals surface area contributed by atoms with Crippen LogP contribution in [0, 0.1) is 13.8 Å². The first-order valence-corrected chi connectivity index (χ1v) is 8.84. The molecule has 20 heavy (non-hydrogen) atoms. The number of hydrogen-bond donors (Lipinski definition) is 1. The highest BCUT2D eigenvalue weighted by Crippen LogP contribution is 2.26. The van der Waals surface area contributed by atoms with E-state index in [0.29, 0.717) is 0 Å². The Bertz CT molecular complexity index is 530. The van der Waals surface area contributed by atoms with E-state index in [1.807, 2.05) is 23.1 Å². The van der Waals surface area contributed by atoms with Gasteiger partial charge in [-0.1, -0.05) is 19.1 Å². The minimum Gasteiger partial charge on any atom is -0.313 e. The standard InChI is InChI=1S/C16H22N2S2/c1-4-8-17-10-14-6-5-7-15(9-14)19-11-16-18-12(2)13(3)20-16/h5-7,9,17H,4,8,10-11H2,1-3H3. The Kier molecular flexibility index (Phi) is 6.07. The maximum Gasteiger partial charge on any atom is 0.103 e. The summed E-state index contributed by atoms with van der Waals surface area (Å²) in [6.07, 6.45) is 1.18. The number of nitrogens with one attached hydrogen (secondary N) is 1. The second kappa shape index (κ2) is 7.81. The van der Waals surface area contributed by atoms with E-state index in [0.717, 1.165) is 18.8 Å². The summed E-state index contributed by atoms with van der Waals surface area (Å²) in [5, 5.41) is 4.67. The summed E-state index contributed by atoms with van der Waals surface area (Å²) in [7, 11) is 0. The molecule has 4 heteroatoms. The Morgan fingerprint density at radius 3 is 2.85 bits per heavy atom. The average molecular weight is 306 g/mol. The number of thiazole rings is 1. The van der Waals surface area contributed by atoms with Crippen molar-refractivity contribution in [3.05, 3.63) is 45.4 Å². The molecule has 0 amide bonds. The van der Waals surface area contributed by atoms with E-state index in [4.69, 9.17) is 0 Å². The van der Waals surface area contributed by atoms with Crippen LogP contribution in [-0.4, -0.2) is 11.5 Å². The van der Waals surface area contributed by atoms with Crippen LogP contribution in [0.25, 0.3) is 0 Å². The minimum absolute atomic E-state index is 0.956. The molecule has 108 valence electrons. The van der Waals surface area contributed by atoms with Crippen LogP contribution in [0.1, 0.15) is 34.5 Å². The van der Waals surface area contributed by atoms with Crippen LogP contribution < -0.4 is 5.32 Å². The van der Waals surface area contributed by atoms with Gasteiger partial charge in [0, 0.05) is 16.3 Å². The van der Waals surface area contributed by atoms with Gasteiger partial charge in [0.1, 0.15) is 5.01 Å². The summed E-state index contributed by atoms with van der Waals surface area (Å²) in [5.41, 5.74) is 2.53. The van der Waals surface area contributed by atoms with E-state index < -0.39 is 0 Å². The van der Waals surface area contributed by atoms with Gasteiger partial charge in [-0.3, -0.25) is 0 Å². The number of benzene rings is 1. The van der Waals surface area contributed by atoms with Gasteiger partial charge in [0.25, 0.3) is 0 Å². The fourth-order valence-corrected chi connectivity index (χ4v) is 3.81. The Labute approximate surface area is 130 Å². The van der Waals surface area contributed by atoms with Crippen molar-refractivity contribution in [2.24, 2.45) is 0 Å². The van der Waals surface area contributed by atoms with Crippen molar-refractivity contribution in [1.29, 1.82) is 0 Å². The zero-order valence-corrected chi connectivity index (χ0v) is 14.0. The van der Waals surface area contributed by atoms with Crippen LogP contribution >= 0.6 is 23.1 Å². The van der Waals surface area contributed by atoms with Crippen molar-refractivity contribution in [3.63, 3.8) is 0 Å². The summed E-state index contributed by atoms with van der Waals surface area (Å²) in [5.74, 6) is 0.963. The van der Waals surface area contributed by atoms with Gasteiger partial charge >= 0.3 is 0 Å². The second-order valence-corrected chi connectivity index (χ2v) is 7.20. The van der Waals surface area contributed by atoms with E-state index in [-0.39, 0.29) is 0 Å². The van der Waals surface area contributed by atoms with Crippen molar-refractivity contribution >= 4 is 23.1 Å². The number of aryl methyl sites for hydroxylation is 2. The fourth-order valence-electron chi connectivity index (χ4n) is 1.90. The summed E-state index contributed by atoms with van der Waals surface area (Å²) in [6, 6.07) is 8.79. The van der Waals surface area contributed by atoms with Gasteiger partial charge in [0.05, 0.1) is 11.4 Å². The maximum absolute atomic E-state index is 4.59. The summed E-state index contributed by atoms with van der Waals surface area (Å²) < 4.78 is 0. The van der Waals surface area contributed by atoms with Crippen LogP contribution in [0.2, 0.25) is 0 Å². The molecule has 2 rings (SSSR count). The molecule has 2 aromatic rings. The molecule has 2 nitrogen and oxygen atoms in total. The molecule has 0 aliphatic heterocycles. The molecule has 1 N–H and O–H groups in total. The Balaban J connectivity index is 1.90. The normalized spacial score (nSPS) is 10.9. The molecular formula is C16H22N2S2. The molecule has 0 radical (unpaired) electrons. The van der Waals surface area contributed by atoms with Crippen LogP contribution in [0.4, 0.5) is 0 Å². The lowest BCUT2D eigenvalue weighted by Gasteiger charge is -2.05. The van der Waals surface area contributed by atoms with Gasteiger partial charge in [-0.25, -0.2) is 4.98 Å². The molecule has 1 aromatic carbocycles. The number of rotatable bonds is 7. The second-order valence-electron chi connectivity index (χ2n) is 4.86. The number of aromatic nitrogens is 1. The smallest absolute Gasteiger partial charge is 0.103 e. The topological polar surface area (TPSA) is 24.9 Å². The molecule has 0 aliphatic rings. The molecule has 0 spiro atoms. The Morgan fingerprint density at radius 1 is 1.30 bits per heavy atom. The van der Waals surface area contributed by atoms with E-state index in [2.05, 4.69) is 55.3 Å². The number of thioether (sulfide) groups is 1. The third-order valence-electron chi connectivity index (χ3n) is 3.09. The SMILES string of the molecule is CCCNCc1cccc(SCc2nc(C)c(C)s2)c1. The predicted molar refractivity (Wildman–Crippen MR) is 89.6 cm³/mol. The highest BCUT2D eigenvalue weighted by Gasteiger charge is 2.04. The quantitative estimate of drug-likeness (QED) is 0.600. The number of nitrogens with zero attached hydrogens (tertiary/aromatic N) is 1. The van der Waals surface area contributed by atoms with Gasteiger partial charge < -0.3 is 5.32 Å². The van der Waals surface area contributed by atoms with Crippen molar-refractivity contribution in [1.82, 2.24) is 10.3 Å². The molecule has 0 aliphatic carbocycles. The van der Waals surface area contributed by atoms with Gasteiger partial charge in [-0.15, -0.1) is 23.1 Å². The molecule has 1 aromatic heterocycles. The van der Waals surface area contributed by atoms with Gasteiger partial charge in [-0.05, 0) is 44.5 Å². The molecule has 0 saturated carbocycles. The molecule has 0 unspecified atom stereocenters. The van der Waals surface area contributed by atoms with Crippen LogP contribution in [-0.2, 0) is 12.3 Å². The molecule has 0 atom stereocenters. The van der Waals surface area contributed by atoms with Crippen molar-refractivity contribution < 1.29 is 0 Å². The fraction of sp³-hybridized carbons (Fsp3) is 0.438. The zero-order valence-electron chi connectivity index (χ0n) is 12.4. The lowest BCUT2D eigenvalue weighted by atomic mass is 10.2. The molecule has 1 heterocycles.